The van der Waals surface area contributed by atoms with E-state index in [4.69, 9.17) is 14.2 Å². The summed E-state index contributed by atoms with van der Waals surface area (Å²) in [6.07, 6.45) is 4.97. The molecule has 35 heavy (non-hydrogen) atoms. The molecule has 0 saturated carbocycles. The highest BCUT2D eigenvalue weighted by Crippen LogP contribution is 2.34. The molecule has 0 N–H and O–H groups in total. The Morgan fingerprint density at radius 3 is 2.40 bits per heavy atom. The van der Waals surface area contributed by atoms with Crippen molar-refractivity contribution in [1.82, 2.24) is 13.5 Å². The lowest BCUT2D eigenvalue weighted by Crippen LogP contribution is -2.53. The zero-order valence-electron chi connectivity index (χ0n) is 21.6. The maximum absolute atomic E-state index is 13.5. The number of allylic oxidation sites excluding steroid dienone is 1. The standard InChI is InChI=1S/C25H39N3O6S/c1-18-7-11-22(12-8-18)34-17-24-23(15-19(2)28(24)25(29)33-6)27(35(30,31)26(3)4)16-20-9-13-21(32-5)14-10-20/h7,9-10,13-14,19,22-24H,8,11-12,15-17H2,1-6H3/t19-,22-,23+,24+/m1/s1. The van der Waals surface area contributed by atoms with Gasteiger partial charge in [0.05, 0.1) is 39.0 Å². The van der Waals surface area contributed by atoms with Crippen molar-refractivity contribution in [2.45, 2.75) is 70.3 Å². The van der Waals surface area contributed by atoms with Crippen molar-refractivity contribution in [2.75, 3.05) is 34.9 Å². The summed E-state index contributed by atoms with van der Waals surface area (Å²) in [5, 5.41) is 0. The smallest absolute Gasteiger partial charge is 0.410 e. The van der Waals surface area contributed by atoms with Crippen LogP contribution in [-0.4, -0.2) is 87.2 Å². The quantitative estimate of drug-likeness (QED) is 0.474. The number of amides is 1. The summed E-state index contributed by atoms with van der Waals surface area (Å²) < 4.78 is 46.4. The molecule has 1 aliphatic carbocycles. The average Bonchev–Trinajstić information content (AvgIpc) is 3.17. The van der Waals surface area contributed by atoms with Crippen LogP contribution in [-0.2, 0) is 26.2 Å². The normalized spacial score (nSPS) is 25.1. The van der Waals surface area contributed by atoms with Gasteiger partial charge in [0.15, 0.2) is 0 Å². The Morgan fingerprint density at radius 1 is 1.17 bits per heavy atom. The second-order valence-corrected chi connectivity index (χ2v) is 11.7. The summed E-state index contributed by atoms with van der Waals surface area (Å²) in [6, 6.07) is 6.19. The number of nitrogens with zero attached hydrogens (tertiary/aromatic N) is 3. The van der Waals surface area contributed by atoms with E-state index >= 15 is 0 Å². The number of ether oxygens (including phenoxy) is 3. The van der Waals surface area contributed by atoms with Crippen molar-refractivity contribution in [3.63, 3.8) is 0 Å². The number of carbonyl (C=O) groups is 1. The minimum Gasteiger partial charge on any atom is -0.497 e. The Kier molecular flexibility index (Phi) is 9.20. The maximum Gasteiger partial charge on any atom is 0.410 e. The van der Waals surface area contributed by atoms with Crippen LogP contribution >= 0.6 is 0 Å². The Hall–Kier alpha value is -2.14. The third-order valence-electron chi connectivity index (χ3n) is 6.96. The van der Waals surface area contributed by atoms with E-state index in [2.05, 4.69) is 13.0 Å². The van der Waals surface area contributed by atoms with Gasteiger partial charge in [0, 0.05) is 26.7 Å². The summed E-state index contributed by atoms with van der Waals surface area (Å²) in [5.41, 5.74) is 2.18. The van der Waals surface area contributed by atoms with E-state index in [-0.39, 0.29) is 25.3 Å². The van der Waals surface area contributed by atoms with Gasteiger partial charge in [-0.1, -0.05) is 23.8 Å². The molecule has 0 unspecified atom stereocenters. The van der Waals surface area contributed by atoms with Gasteiger partial charge >= 0.3 is 6.09 Å². The Labute approximate surface area is 209 Å². The van der Waals surface area contributed by atoms with E-state index in [1.54, 1.807) is 12.0 Å². The number of likely N-dealkylation sites (tertiary alicyclic amines) is 1. The van der Waals surface area contributed by atoms with Gasteiger partial charge in [-0.15, -0.1) is 0 Å². The fourth-order valence-corrected chi connectivity index (χ4v) is 6.17. The Balaban J connectivity index is 1.92. The monoisotopic (exact) mass is 509 g/mol. The lowest BCUT2D eigenvalue weighted by Gasteiger charge is -2.36. The number of hydrogen-bond donors (Lipinski definition) is 0. The minimum atomic E-state index is -3.81. The van der Waals surface area contributed by atoms with Crippen molar-refractivity contribution in [3.8, 4) is 5.75 Å². The van der Waals surface area contributed by atoms with Crippen LogP contribution in [0.15, 0.2) is 35.9 Å². The molecular weight excluding hydrogens is 470 g/mol. The first kappa shape index (κ1) is 27.4. The van der Waals surface area contributed by atoms with Crippen molar-refractivity contribution >= 4 is 16.3 Å². The fourth-order valence-electron chi connectivity index (χ4n) is 4.87. The molecule has 0 aromatic heterocycles. The zero-order valence-corrected chi connectivity index (χ0v) is 22.5. The molecule has 1 amide bonds. The van der Waals surface area contributed by atoms with E-state index in [9.17, 15) is 13.2 Å². The van der Waals surface area contributed by atoms with Gasteiger partial charge in [-0.3, -0.25) is 4.90 Å². The predicted molar refractivity (Wildman–Crippen MR) is 134 cm³/mol. The molecule has 0 bridgehead atoms. The Morgan fingerprint density at radius 2 is 1.86 bits per heavy atom. The minimum absolute atomic E-state index is 0.0512. The summed E-state index contributed by atoms with van der Waals surface area (Å²) in [7, 11) is 2.18. The summed E-state index contributed by atoms with van der Waals surface area (Å²) >= 11 is 0. The molecule has 10 heteroatoms. The van der Waals surface area contributed by atoms with Crippen molar-refractivity contribution < 1.29 is 27.4 Å². The molecular formula is C25H39N3O6S. The molecule has 1 fully saturated rings. The van der Waals surface area contributed by atoms with E-state index in [1.807, 2.05) is 31.2 Å². The van der Waals surface area contributed by atoms with Gasteiger partial charge in [0.1, 0.15) is 5.75 Å². The molecule has 9 nitrogen and oxygen atoms in total. The highest BCUT2D eigenvalue weighted by Gasteiger charge is 2.48. The topological polar surface area (TPSA) is 88.6 Å². The first-order valence-corrected chi connectivity index (χ1v) is 13.4. The largest absolute Gasteiger partial charge is 0.497 e. The number of benzene rings is 1. The number of hydrogen-bond acceptors (Lipinski definition) is 6. The molecule has 1 aromatic carbocycles. The fraction of sp³-hybridized carbons (Fsp3) is 0.640. The maximum atomic E-state index is 13.5. The van der Waals surface area contributed by atoms with Gasteiger partial charge < -0.3 is 14.2 Å². The van der Waals surface area contributed by atoms with E-state index in [1.165, 1.54) is 35.4 Å². The van der Waals surface area contributed by atoms with E-state index < -0.39 is 28.4 Å². The Bertz CT molecular complexity index is 995. The van der Waals surface area contributed by atoms with E-state index in [0.29, 0.717) is 12.2 Å². The van der Waals surface area contributed by atoms with Crippen LogP contribution in [0.2, 0.25) is 0 Å². The van der Waals surface area contributed by atoms with Crippen molar-refractivity contribution in [2.24, 2.45) is 0 Å². The van der Waals surface area contributed by atoms with Crippen LogP contribution in [0.25, 0.3) is 0 Å². The number of methoxy groups -OCH3 is 2. The van der Waals surface area contributed by atoms with Crippen LogP contribution in [0, 0.1) is 0 Å². The van der Waals surface area contributed by atoms with Crippen LogP contribution in [0.5, 0.6) is 5.75 Å². The molecule has 1 aromatic rings. The average molecular weight is 510 g/mol. The zero-order chi connectivity index (χ0) is 25.8. The first-order valence-electron chi connectivity index (χ1n) is 12.0. The molecule has 1 heterocycles. The molecule has 196 valence electrons. The number of carbonyl (C=O) groups excluding carboxylic acids is 1. The highest BCUT2D eigenvalue weighted by molar-refractivity contribution is 7.86. The van der Waals surface area contributed by atoms with Crippen LogP contribution in [0.1, 0.15) is 45.1 Å². The second-order valence-electron chi connectivity index (χ2n) is 9.56. The molecule has 1 saturated heterocycles. The molecule has 0 radical (unpaired) electrons. The predicted octanol–water partition coefficient (Wildman–Crippen LogP) is 3.42. The summed E-state index contributed by atoms with van der Waals surface area (Å²) in [6.45, 7) is 4.44. The van der Waals surface area contributed by atoms with Crippen LogP contribution in [0.3, 0.4) is 0 Å². The van der Waals surface area contributed by atoms with Gasteiger partial charge in [-0.05, 0) is 57.2 Å². The van der Waals surface area contributed by atoms with Crippen molar-refractivity contribution in [3.05, 3.63) is 41.5 Å². The molecule has 2 aliphatic rings. The SMILES string of the molecule is COC(=O)N1[C@H](C)C[C@H](N(Cc2ccc(OC)cc2)S(=O)(=O)N(C)C)[C@@H]1CO[C@@H]1CC=C(C)CC1. The summed E-state index contributed by atoms with van der Waals surface area (Å²) in [5.74, 6) is 0.699. The molecule has 0 spiro atoms. The molecule has 1 aliphatic heterocycles. The van der Waals surface area contributed by atoms with Gasteiger partial charge in [-0.25, -0.2) is 4.79 Å². The van der Waals surface area contributed by atoms with Crippen LogP contribution < -0.4 is 4.74 Å². The number of rotatable bonds is 9. The molecule has 4 atom stereocenters. The lowest BCUT2D eigenvalue weighted by atomic mass is 9.98. The van der Waals surface area contributed by atoms with Gasteiger partial charge in [0.2, 0.25) is 0 Å². The first-order chi connectivity index (χ1) is 16.6. The third kappa shape index (κ3) is 6.35. The van der Waals surface area contributed by atoms with E-state index in [0.717, 1.165) is 24.8 Å². The van der Waals surface area contributed by atoms with Crippen LogP contribution in [0.4, 0.5) is 4.79 Å². The summed E-state index contributed by atoms with van der Waals surface area (Å²) in [4.78, 5) is 14.4. The lowest BCUT2D eigenvalue weighted by molar-refractivity contribution is -0.000902. The van der Waals surface area contributed by atoms with Gasteiger partial charge in [-0.2, -0.15) is 17.0 Å². The van der Waals surface area contributed by atoms with Crippen molar-refractivity contribution in [1.29, 1.82) is 0 Å². The highest BCUT2D eigenvalue weighted by atomic mass is 32.2. The molecule has 3 rings (SSSR count). The second kappa shape index (κ2) is 11.7. The van der Waals surface area contributed by atoms with Gasteiger partial charge in [0.25, 0.3) is 10.2 Å². The third-order valence-corrected chi connectivity index (χ3v) is 8.88.